The first kappa shape index (κ1) is 27.7. The van der Waals surface area contributed by atoms with Crippen molar-refractivity contribution in [2.75, 3.05) is 5.73 Å². The van der Waals surface area contributed by atoms with E-state index in [4.69, 9.17) is 15.2 Å². The molecule has 1 saturated carbocycles. The number of rotatable bonds is 6. The highest BCUT2D eigenvalue weighted by molar-refractivity contribution is 5.77. The number of alkyl carbamates (subject to hydrolysis) is 1. The number of nitrogens with one attached hydrogen (secondary N) is 1. The monoisotopic (exact) mass is 519 g/mol. The van der Waals surface area contributed by atoms with Crippen molar-refractivity contribution in [2.45, 2.75) is 116 Å². The molecule has 2 aromatic rings. The minimum atomic E-state index is -0.512. The van der Waals surface area contributed by atoms with Crippen LogP contribution in [0, 0.1) is 11.3 Å². The van der Waals surface area contributed by atoms with Gasteiger partial charge in [0, 0.05) is 29.2 Å². The van der Waals surface area contributed by atoms with E-state index >= 15 is 0 Å². The number of hydrogen-bond acceptors (Lipinski definition) is 7. The molecule has 38 heavy (non-hydrogen) atoms. The highest BCUT2D eigenvalue weighted by Crippen LogP contribution is 2.49. The Labute approximate surface area is 226 Å². The van der Waals surface area contributed by atoms with Gasteiger partial charge in [0.25, 0.3) is 0 Å². The van der Waals surface area contributed by atoms with E-state index in [1.54, 1.807) is 0 Å². The minimum absolute atomic E-state index is 0.0634. The third-order valence-corrected chi connectivity index (χ3v) is 7.61. The summed E-state index contributed by atoms with van der Waals surface area (Å²) in [5.74, 6) is 1.57. The van der Waals surface area contributed by atoms with Crippen molar-refractivity contribution in [3.8, 4) is 23.1 Å². The standard InChI is InChI=1S/C30H41N5O3/c1-18(8-7-15-31)24-22-16-30(5,6)25-26(33-17-34-27(25)32)21(22)13-14-23(24)37-20-11-9-19(10-12-20)35-28(36)38-29(2,3)4/h13-14,17-20H,7-12,16H2,1-6H3,(H,35,36)(H2,32,33,34). The lowest BCUT2D eigenvalue weighted by Crippen LogP contribution is -2.42. The van der Waals surface area contributed by atoms with Crippen LogP contribution in [-0.2, 0) is 16.6 Å². The van der Waals surface area contributed by atoms with Crippen LogP contribution >= 0.6 is 0 Å². The molecule has 1 unspecified atom stereocenters. The summed E-state index contributed by atoms with van der Waals surface area (Å²) < 4.78 is 12.1. The second-order valence-corrected chi connectivity index (χ2v) is 12.4. The van der Waals surface area contributed by atoms with Gasteiger partial charge in [-0.2, -0.15) is 5.26 Å². The molecule has 8 heteroatoms. The first-order valence-corrected chi connectivity index (χ1v) is 13.7. The fourth-order valence-electron chi connectivity index (χ4n) is 5.90. The Hall–Kier alpha value is -3.34. The van der Waals surface area contributed by atoms with Crippen molar-refractivity contribution in [3.63, 3.8) is 0 Å². The molecule has 3 N–H and O–H groups in total. The number of benzene rings is 1. The number of hydrogen-bond donors (Lipinski definition) is 2. The zero-order valence-electron chi connectivity index (χ0n) is 23.6. The SMILES string of the molecule is CC(CCC#N)c1c(OC2CCC(NC(=O)OC(C)(C)C)CC2)ccc2c1CC(C)(C)c1c(N)ncnc1-2. The second kappa shape index (κ2) is 10.8. The fraction of sp³-hybridized carbons (Fsp3) is 0.600. The molecule has 0 aliphatic heterocycles. The van der Waals surface area contributed by atoms with Gasteiger partial charge < -0.3 is 20.5 Å². The van der Waals surface area contributed by atoms with Crippen LogP contribution in [0.15, 0.2) is 18.5 Å². The van der Waals surface area contributed by atoms with E-state index in [0.29, 0.717) is 12.2 Å². The van der Waals surface area contributed by atoms with Crippen LogP contribution in [0.1, 0.15) is 103 Å². The molecule has 1 aromatic carbocycles. The van der Waals surface area contributed by atoms with Gasteiger partial charge in [0.2, 0.25) is 0 Å². The third kappa shape index (κ3) is 6.03. The lowest BCUT2D eigenvalue weighted by molar-refractivity contribution is 0.0470. The molecular weight excluding hydrogens is 478 g/mol. The number of nitriles is 1. The maximum absolute atomic E-state index is 12.2. The Morgan fingerprint density at radius 3 is 2.61 bits per heavy atom. The number of nitrogen functional groups attached to an aromatic ring is 1. The number of anilines is 1. The van der Waals surface area contributed by atoms with E-state index in [1.807, 2.05) is 20.8 Å². The summed E-state index contributed by atoms with van der Waals surface area (Å²) in [5, 5.41) is 12.3. The molecule has 0 spiro atoms. The van der Waals surface area contributed by atoms with Crippen molar-refractivity contribution in [1.29, 1.82) is 5.26 Å². The first-order valence-electron chi connectivity index (χ1n) is 13.7. The van der Waals surface area contributed by atoms with E-state index < -0.39 is 5.60 Å². The minimum Gasteiger partial charge on any atom is -0.490 e. The Balaban J connectivity index is 1.58. The summed E-state index contributed by atoms with van der Waals surface area (Å²) >= 11 is 0. The molecule has 204 valence electrons. The highest BCUT2D eigenvalue weighted by Gasteiger charge is 2.37. The molecule has 2 aliphatic rings. The summed E-state index contributed by atoms with van der Waals surface area (Å²) in [6.07, 6.45) is 6.65. The zero-order valence-corrected chi connectivity index (χ0v) is 23.6. The molecule has 1 heterocycles. The predicted molar refractivity (Wildman–Crippen MR) is 148 cm³/mol. The van der Waals surface area contributed by atoms with E-state index in [1.165, 1.54) is 17.5 Å². The maximum Gasteiger partial charge on any atom is 0.407 e. The largest absolute Gasteiger partial charge is 0.490 e. The van der Waals surface area contributed by atoms with E-state index in [0.717, 1.165) is 61.1 Å². The van der Waals surface area contributed by atoms with Gasteiger partial charge in [0.15, 0.2) is 0 Å². The van der Waals surface area contributed by atoms with Gasteiger partial charge in [-0.1, -0.05) is 20.8 Å². The smallest absolute Gasteiger partial charge is 0.407 e. The molecule has 1 amide bonds. The second-order valence-electron chi connectivity index (χ2n) is 12.4. The number of amides is 1. The first-order chi connectivity index (χ1) is 17.9. The van der Waals surface area contributed by atoms with Crippen molar-refractivity contribution in [3.05, 3.63) is 35.2 Å². The van der Waals surface area contributed by atoms with Crippen molar-refractivity contribution in [2.24, 2.45) is 0 Å². The Bertz CT molecular complexity index is 1220. The van der Waals surface area contributed by atoms with Crippen molar-refractivity contribution in [1.82, 2.24) is 15.3 Å². The number of carbonyl (C=O) groups excluding carboxylic acids is 1. The molecule has 0 bridgehead atoms. The summed E-state index contributed by atoms with van der Waals surface area (Å²) in [6.45, 7) is 12.2. The molecule has 0 saturated heterocycles. The number of nitrogens with zero attached hydrogens (tertiary/aromatic N) is 3. The third-order valence-electron chi connectivity index (χ3n) is 7.61. The Kier molecular flexibility index (Phi) is 7.87. The van der Waals surface area contributed by atoms with Gasteiger partial charge in [-0.15, -0.1) is 0 Å². The van der Waals surface area contributed by atoms with Crippen LogP contribution in [0.5, 0.6) is 5.75 Å². The number of fused-ring (bicyclic) bond motifs is 3. The van der Waals surface area contributed by atoms with Crippen LogP contribution in [0.25, 0.3) is 11.3 Å². The van der Waals surface area contributed by atoms with Crippen LogP contribution < -0.4 is 15.8 Å². The molecule has 2 aliphatic carbocycles. The number of aromatic nitrogens is 2. The normalized spacial score (nSPS) is 20.9. The Morgan fingerprint density at radius 2 is 1.95 bits per heavy atom. The lowest BCUT2D eigenvalue weighted by Gasteiger charge is -2.37. The van der Waals surface area contributed by atoms with Crippen molar-refractivity contribution >= 4 is 11.9 Å². The van der Waals surface area contributed by atoms with Crippen molar-refractivity contribution < 1.29 is 14.3 Å². The van der Waals surface area contributed by atoms with Crippen LogP contribution in [0.3, 0.4) is 0 Å². The molecule has 8 nitrogen and oxygen atoms in total. The summed E-state index contributed by atoms with van der Waals surface area (Å²) in [7, 11) is 0. The average molecular weight is 520 g/mol. The van der Waals surface area contributed by atoms with Gasteiger partial charge in [0.1, 0.15) is 23.5 Å². The van der Waals surface area contributed by atoms with Crippen LogP contribution in [0.4, 0.5) is 10.6 Å². The predicted octanol–water partition coefficient (Wildman–Crippen LogP) is 6.18. The summed E-state index contributed by atoms with van der Waals surface area (Å²) in [5.41, 5.74) is 10.9. The molecule has 4 rings (SSSR count). The maximum atomic E-state index is 12.2. The quantitative estimate of drug-likeness (QED) is 0.467. The molecule has 0 radical (unpaired) electrons. The molecule has 1 fully saturated rings. The summed E-state index contributed by atoms with van der Waals surface area (Å²) in [4.78, 5) is 21.1. The van der Waals surface area contributed by atoms with E-state index in [2.05, 4.69) is 54.3 Å². The van der Waals surface area contributed by atoms with Gasteiger partial charge >= 0.3 is 6.09 Å². The number of carbonyl (C=O) groups is 1. The molecule has 1 aromatic heterocycles. The highest BCUT2D eigenvalue weighted by atomic mass is 16.6. The van der Waals surface area contributed by atoms with Gasteiger partial charge in [-0.25, -0.2) is 14.8 Å². The topological polar surface area (TPSA) is 123 Å². The van der Waals surface area contributed by atoms with Gasteiger partial charge in [0.05, 0.1) is 17.9 Å². The fourth-order valence-corrected chi connectivity index (χ4v) is 5.90. The molecular formula is C30H41N5O3. The zero-order chi connectivity index (χ0) is 27.7. The van der Waals surface area contributed by atoms with Crippen LogP contribution in [0.2, 0.25) is 0 Å². The van der Waals surface area contributed by atoms with E-state index in [-0.39, 0.29) is 29.6 Å². The van der Waals surface area contributed by atoms with Gasteiger partial charge in [-0.05, 0) is 88.3 Å². The lowest BCUT2D eigenvalue weighted by atomic mass is 9.69. The van der Waals surface area contributed by atoms with Gasteiger partial charge in [-0.3, -0.25) is 0 Å². The number of ether oxygens (including phenoxy) is 2. The summed E-state index contributed by atoms with van der Waals surface area (Å²) in [6, 6.07) is 6.54. The number of nitrogens with two attached hydrogens (primary N) is 1. The van der Waals surface area contributed by atoms with Crippen LogP contribution in [-0.4, -0.2) is 33.8 Å². The Morgan fingerprint density at radius 1 is 1.24 bits per heavy atom. The molecule has 1 atom stereocenters. The van der Waals surface area contributed by atoms with E-state index in [9.17, 15) is 10.1 Å². The average Bonchev–Trinajstić information content (AvgIpc) is 2.82.